The van der Waals surface area contributed by atoms with E-state index in [0.29, 0.717) is 5.69 Å². The average Bonchev–Trinajstić information content (AvgIpc) is 3.11. The number of rotatable bonds is 8. The Morgan fingerprint density at radius 1 is 0.875 bits per heavy atom. The fourth-order valence-corrected chi connectivity index (χ4v) is 5.19. The molecule has 10 heteroatoms. The number of anilines is 1. The summed E-state index contributed by atoms with van der Waals surface area (Å²) in [7, 11) is -2.90. The quantitative estimate of drug-likeness (QED) is 0.238. The smallest absolute Gasteiger partial charge is 0.316 e. The number of aryl methyl sites for hydroxylation is 1. The predicted octanol–water partition coefficient (Wildman–Crippen LogP) is 4.33. The van der Waals surface area contributed by atoms with Crippen molar-refractivity contribution in [1.82, 2.24) is 9.62 Å². The van der Waals surface area contributed by atoms with E-state index in [1.165, 1.54) is 25.2 Å². The number of hydrogen-bond donors (Lipinski definition) is 2. The van der Waals surface area contributed by atoms with Crippen LogP contribution in [0.5, 0.6) is 5.75 Å². The summed E-state index contributed by atoms with van der Waals surface area (Å²) in [6, 6.07) is 19.9. The van der Waals surface area contributed by atoms with E-state index in [-0.39, 0.29) is 27.5 Å². The second-order valence-electron chi connectivity index (χ2n) is 10.5. The van der Waals surface area contributed by atoms with Crippen LogP contribution in [0.15, 0.2) is 95.0 Å². The van der Waals surface area contributed by atoms with Crippen LogP contribution < -0.4 is 14.8 Å². The normalized spacial score (nSPS) is 14.9. The van der Waals surface area contributed by atoms with E-state index in [1.807, 2.05) is 6.92 Å². The van der Waals surface area contributed by atoms with Crippen molar-refractivity contribution in [3.63, 3.8) is 0 Å². The summed E-state index contributed by atoms with van der Waals surface area (Å²) in [6.07, 6.45) is 0. The fraction of sp³-hybridized carbons (Fsp3) is 0.233. The van der Waals surface area contributed by atoms with Gasteiger partial charge >= 0.3 is 5.97 Å². The minimum absolute atomic E-state index is 0.0319. The number of imide groups is 1. The lowest BCUT2D eigenvalue weighted by Crippen LogP contribution is -2.35. The monoisotopic (exact) mass is 561 g/mol. The highest BCUT2D eigenvalue weighted by atomic mass is 32.2. The fourth-order valence-electron chi connectivity index (χ4n) is 4.00. The first kappa shape index (κ1) is 28.7. The van der Waals surface area contributed by atoms with E-state index < -0.39 is 39.3 Å². The number of nitrogens with one attached hydrogen (secondary N) is 2. The van der Waals surface area contributed by atoms with Gasteiger partial charge in [-0.2, -0.15) is 4.72 Å². The number of esters is 1. The number of likely N-dealkylation sites (N-methyl/N-ethyl adjacent to an activating group) is 1. The lowest BCUT2D eigenvalue weighted by molar-refractivity contribution is -0.143. The zero-order valence-electron chi connectivity index (χ0n) is 22.9. The molecule has 1 aliphatic rings. The Hall–Kier alpha value is -4.28. The molecular weight excluding hydrogens is 530 g/mol. The molecule has 0 aromatic heterocycles. The predicted molar refractivity (Wildman–Crippen MR) is 151 cm³/mol. The molecule has 1 heterocycles. The first-order valence-corrected chi connectivity index (χ1v) is 14.1. The van der Waals surface area contributed by atoms with Crippen LogP contribution in [-0.2, 0) is 24.4 Å². The van der Waals surface area contributed by atoms with Crippen molar-refractivity contribution in [1.29, 1.82) is 0 Å². The number of benzene rings is 3. The molecule has 0 saturated heterocycles. The summed E-state index contributed by atoms with van der Waals surface area (Å²) in [4.78, 5) is 40.5. The molecule has 3 aromatic rings. The number of carbonyl (C=O) groups excluding carboxylic acids is 3. The molecule has 0 aliphatic carbocycles. The Balaban J connectivity index is 1.92. The third-order valence-corrected chi connectivity index (χ3v) is 7.74. The summed E-state index contributed by atoms with van der Waals surface area (Å²) < 4.78 is 35.6. The van der Waals surface area contributed by atoms with Gasteiger partial charge in [-0.25, -0.2) is 8.42 Å². The highest BCUT2D eigenvalue weighted by Crippen LogP contribution is 2.38. The Morgan fingerprint density at radius 3 is 2.10 bits per heavy atom. The van der Waals surface area contributed by atoms with Crippen LogP contribution in [0.2, 0.25) is 0 Å². The van der Waals surface area contributed by atoms with Crippen LogP contribution in [-0.4, -0.2) is 38.1 Å². The van der Waals surface area contributed by atoms with Gasteiger partial charge in [0.2, 0.25) is 10.0 Å². The standard InChI is InChI=1S/C30H31N3O6S/c1-19-15-17-21(18-16-19)40(37,38)32-25(22-13-9-10-14-23(22)39-29(36)30(2,3)4)24-26(28(35)33(5)27(24)34)31-20-11-7-6-8-12-20/h6-18,25,31-32H,1-5H3. The third-order valence-electron chi connectivity index (χ3n) is 6.30. The van der Waals surface area contributed by atoms with E-state index in [4.69, 9.17) is 4.74 Å². The van der Waals surface area contributed by atoms with Crippen LogP contribution >= 0.6 is 0 Å². The van der Waals surface area contributed by atoms with Crippen LogP contribution in [0.4, 0.5) is 5.69 Å². The minimum atomic E-state index is -4.22. The van der Waals surface area contributed by atoms with Crippen LogP contribution in [0, 0.1) is 12.3 Å². The van der Waals surface area contributed by atoms with Gasteiger partial charge in [0.25, 0.3) is 11.8 Å². The highest BCUT2D eigenvalue weighted by molar-refractivity contribution is 7.89. The number of amides is 2. The number of sulfonamides is 1. The van der Waals surface area contributed by atoms with Crippen LogP contribution in [0.25, 0.3) is 0 Å². The second-order valence-corrected chi connectivity index (χ2v) is 12.2. The summed E-state index contributed by atoms with van der Waals surface area (Å²) in [5, 5.41) is 2.99. The van der Waals surface area contributed by atoms with Gasteiger partial charge in [-0.15, -0.1) is 0 Å². The summed E-state index contributed by atoms with van der Waals surface area (Å²) in [5.74, 6) is -1.83. The Labute approximate surface area is 233 Å². The molecule has 4 rings (SSSR count). The molecule has 2 N–H and O–H groups in total. The van der Waals surface area contributed by atoms with E-state index in [1.54, 1.807) is 81.4 Å². The molecule has 3 aromatic carbocycles. The number of ether oxygens (including phenoxy) is 1. The Kier molecular flexibility index (Phi) is 7.95. The van der Waals surface area contributed by atoms with E-state index in [0.717, 1.165) is 10.5 Å². The lowest BCUT2D eigenvalue weighted by atomic mass is 9.96. The topological polar surface area (TPSA) is 122 Å². The van der Waals surface area contributed by atoms with Gasteiger partial charge < -0.3 is 10.1 Å². The molecule has 2 amide bonds. The van der Waals surface area contributed by atoms with Crippen molar-refractivity contribution >= 4 is 33.5 Å². The molecule has 9 nitrogen and oxygen atoms in total. The second kappa shape index (κ2) is 11.1. The molecule has 0 saturated carbocycles. The van der Waals surface area contributed by atoms with Crippen molar-refractivity contribution in [2.75, 3.05) is 12.4 Å². The minimum Gasteiger partial charge on any atom is -0.426 e. The number of carbonyl (C=O) groups is 3. The first-order chi connectivity index (χ1) is 18.8. The zero-order chi connectivity index (χ0) is 29.2. The number of para-hydroxylation sites is 2. The SMILES string of the molecule is Cc1ccc(S(=O)(=O)NC(C2=C(Nc3ccccc3)C(=O)N(C)C2=O)c2ccccc2OC(=O)C(C)(C)C)cc1. The van der Waals surface area contributed by atoms with Crippen molar-refractivity contribution in [3.8, 4) is 5.75 Å². The molecule has 1 atom stereocenters. The lowest BCUT2D eigenvalue weighted by Gasteiger charge is -2.24. The molecular formula is C30H31N3O6S. The summed E-state index contributed by atoms with van der Waals surface area (Å²) >= 11 is 0. The van der Waals surface area contributed by atoms with Gasteiger partial charge in [0.05, 0.1) is 21.9 Å². The van der Waals surface area contributed by atoms with Crippen LogP contribution in [0.3, 0.4) is 0 Å². The van der Waals surface area contributed by atoms with Gasteiger partial charge in [-0.05, 0) is 58.0 Å². The van der Waals surface area contributed by atoms with Gasteiger partial charge in [-0.1, -0.05) is 54.1 Å². The maximum absolute atomic E-state index is 13.6. The summed E-state index contributed by atoms with van der Waals surface area (Å²) in [6.45, 7) is 6.90. The van der Waals surface area contributed by atoms with E-state index >= 15 is 0 Å². The van der Waals surface area contributed by atoms with Crippen molar-refractivity contribution < 1.29 is 27.5 Å². The molecule has 1 unspecified atom stereocenters. The molecule has 0 bridgehead atoms. The molecule has 40 heavy (non-hydrogen) atoms. The molecule has 0 radical (unpaired) electrons. The van der Waals surface area contributed by atoms with E-state index in [2.05, 4.69) is 10.0 Å². The first-order valence-electron chi connectivity index (χ1n) is 12.6. The number of hydrogen-bond acceptors (Lipinski definition) is 7. The number of nitrogens with zero attached hydrogens (tertiary/aromatic N) is 1. The average molecular weight is 562 g/mol. The van der Waals surface area contributed by atoms with Crippen molar-refractivity contribution in [2.24, 2.45) is 5.41 Å². The van der Waals surface area contributed by atoms with Gasteiger partial charge in [0.15, 0.2) is 0 Å². The summed E-state index contributed by atoms with van der Waals surface area (Å²) in [5.41, 5.74) is 0.500. The largest absolute Gasteiger partial charge is 0.426 e. The van der Waals surface area contributed by atoms with Gasteiger partial charge in [0.1, 0.15) is 11.4 Å². The molecule has 1 aliphatic heterocycles. The van der Waals surface area contributed by atoms with Crippen molar-refractivity contribution in [2.45, 2.75) is 38.6 Å². The van der Waals surface area contributed by atoms with Crippen LogP contribution in [0.1, 0.15) is 37.9 Å². The van der Waals surface area contributed by atoms with Gasteiger partial charge in [-0.3, -0.25) is 19.3 Å². The van der Waals surface area contributed by atoms with Crippen molar-refractivity contribution in [3.05, 3.63) is 101 Å². The third kappa shape index (κ3) is 5.98. The molecule has 0 spiro atoms. The Bertz CT molecular complexity index is 1590. The zero-order valence-corrected chi connectivity index (χ0v) is 23.7. The highest BCUT2D eigenvalue weighted by Gasteiger charge is 2.43. The maximum atomic E-state index is 13.6. The molecule has 208 valence electrons. The Morgan fingerprint density at radius 2 is 1.48 bits per heavy atom. The van der Waals surface area contributed by atoms with E-state index in [9.17, 15) is 22.8 Å². The maximum Gasteiger partial charge on any atom is 0.316 e. The van der Waals surface area contributed by atoms with Gasteiger partial charge in [0, 0.05) is 18.3 Å². The molecule has 0 fully saturated rings.